The minimum absolute atomic E-state index is 0.500. The molecule has 0 fully saturated rings. The van der Waals surface area contributed by atoms with Crippen molar-refractivity contribution in [1.29, 1.82) is 0 Å². The van der Waals surface area contributed by atoms with Crippen LogP contribution in [0.5, 0.6) is 0 Å². The smallest absolute Gasteiger partial charge is 0.255 e. The standard InChI is InChI=1S/CH3F.Cl2O2S/c1-2;1-5(2,3)4/h1H3;. The van der Waals surface area contributed by atoms with Crippen LogP contribution in [-0.4, -0.2) is 15.6 Å². The van der Waals surface area contributed by atoms with Gasteiger partial charge < -0.3 is 0 Å². The highest BCUT2D eigenvalue weighted by molar-refractivity contribution is 8.31. The Kier molecular flexibility index (Phi) is 6.88. The first-order chi connectivity index (χ1) is 3.00. The van der Waals surface area contributed by atoms with E-state index >= 15 is 0 Å². The summed E-state index contributed by atoms with van der Waals surface area (Å²) in [7, 11) is 5.31. The molecule has 0 aliphatic heterocycles. The van der Waals surface area contributed by atoms with Gasteiger partial charge in [-0.3, -0.25) is 4.39 Å². The van der Waals surface area contributed by atoms with Crippen molar-refractivity contribution >= 4 is 29.6 Å². The predicted molar refractivity (Wildman–Crippen MR) is 27.7 cm³/mol. The van der Waals surface area contributed by atoms with Crippen molar-refractivity contribution in [2.45, 2.75) is 0 Å². The van der Waals surface area contributed by atoms with E-state index in [1.165, 1.54) is 0 Å². The molecule has 0 saturated heterocycles. The highest BCUT2D eigenvalue weighted by Gasteiger charge is 1.88. The monoisotopic (exact) mass is 168 g/mol. The molecule has 0 aromatic rings. The highest BCUT2D eigenvalue weighted by Crippen LogP contribution is 1.98. The van der Waals surface area contributed by atoms with E-state index in [1.54, 1.807) is 0 Å². The summed E-state index contributed by atoms with van der Waals surface area (Å²) < 4.78 is 27.8. The van der Waals surface area contributed by atoms with E-state index in [0.29, 0.717) is 7.18 Å². The lowest BCUT2D eigenvalue weighted by Crippen LogP contribution is -1.63. The predicted octanol–water partition coefficient (Wildman–Crippen LogP) is 1.29. The Bertz CT molecular complexity index is 98.9. The van der Waals surface area contributed by atoms with E-state index in [-0.39, 0.29) is 0 Å². The van der Waals surface area contributed by atoms with Gasteiger partial charge >= 0.3 is 8.26 Å². The van der Waals surface area contributed by atoms with Crippen molar-refractivity contribution in [2.75, 3.05) is 7.18 Å². The van der Waals surface area contributed by atoms with Crippen LogP contribution in [0.1, 0.15) is 0 Å². The van der Waals surface area contributed by atoms with Crippen LogP contribution in [-0.2, 0) is 8.26 Å². The second-order valence-electron chi connectivity index (χ2n) is 0.378. The average Bonchev–Trinajstić information content (AvgIpc) is 1.36. The Balaban J connectivity index is 0. The summed E-state index contributed by atoms with van der Waals surface area (Å²) in [5.74, 6) is 0. The molecule has 2 nitrogen and oxygen atoms in total. The maximum Gasteiger partial charge on any atom is 0.317 e. The van der Waals surface area contributed by atoms with E-state index in [4.69, 9.17) is 8.42 Å². The Morgan fingerprint density at radius 3 is 1.29 bits per heavy atom. The fourth-order valence-electron chi connectivity index (χ4n) is 0. The number of halogens is 3. The molecule has 0 atom stereocenters. The van der Waals surface area contributed by atoms with Gasteiger partial charge in [0.05, 0.1) is 7.18 Å². The first-order valence-electron chi connectivity index (χ1n) is 1.02. The fraction of sp³-hybridized carbons (Fsp3) is 1.00. The Hall–Kier alpha value is 0.460. The van der Waals surface area contributed by atoms with Gasteiger partial charge in [0.15, 0.2) is 0 Å². The molecule has 0 bridgehead atoms. The van der Waals surface area contributed by atoms with Crippen molar-refractivity contribution in [3.8, 4) is 0 Å². The third-order valence-electron chi connectivity index (χ3n) is 0. The molecule has 0 spiro atoms. The minimum Gasteiger partial charge on any atom is -0.255 e. The molecule has 0 rings (SSSR count). The molecule has 0 amide bonds. The van der Waals surface area contributed by atoms with Crippen LogP contribution >= 0.6 is 21.4 Å². The van der Waals surface area contributed by atoms with Crippen molar-refractivity contribution in [3.05, 3.63) is 0 Å². The SMILES string of the molecule is CF.O=S(=O)(Cl)Cl. The quantitative estimate of drug-likeness (QED) is 0.512. The van der Waals surface area contributed by atoms with Crippen molar-refractivity contribution in [1.82, 2.24) is 0 Å². The Labute approximate surface area is 50.2 Å². The Morgan fingerprint density at radius 1 is 1.29 bits per heavy atom. The zero-order valence-corrected chi connectivity index (χ0v) is 5.69. The van der Waals surface area contributed by atoms with Gasteiger partial charge in [-0.2, -0.15) is 8.42 Å². The van der Waals surface area contributed by atoms with Crippen LogP contribution in [0.3, 0.4) is 0 Å². The van der Waals surface area contributed by atoms with Gasteiger partial charge in [0.2, 0.25) is 0 Å². The number of hydrogen-bond donors (Lipinski definition) is 0. The molecule has 7 heavy (non-hydrogen) atoms. The van der Waals surface area contributed by atoms with Crippen molar-refractivity contribution < 1.29 is 12.8 Å². The second kappa shape index (κ2) is 4.61. The van der Waals surface area contributed by atoms with E-state index in [1.807, 2.05) is 0 Å². The summed E-state index contributed by atoms with van der Waals surface area (Å²) in [5.41, 5.74) is 0. The van der Waals surface area contributed by atoms with Gasteiger partial charge in [0, 0.05) is 21.4 Å². The summed E-state index contributed by atoms with van der Waals surface area (Å²) in [4.78, 5) is 0. The van der Waals surface area contributed by atoms with Crippen molar-refractivity contribution in [3.63, 3.8) is 0 Å². The number of rotatable bonds is 0. The van der Waals surface area contributed by atoms with Crippen LogP contribution in [0.15, 0.2) is 0 Å². The maximum absolute atomic E-state index is 9.50. The number of hydrogen-bond acceptors (Lipinski definition) is 2. The topological polar surface area (TPSA) is 34.1 Å². The molecule has 0 aromatic carbocycles. The van der Waals surface area contributed by atoms with E-state index in [9.17, 15) is 4.39 Å². The van der Waals surface area contributed by atoms with Gasteiger partial charge in [0.1, 0.15) is 0 Å². The first kappa shape index (κ1) is 10.4. The third-order valence-corrected chi connectivity index (χ3v) is 0. The third kappa shape index (κ3) is 607. The lowest BCUT2D eigenvalue weighted by molar-refractivity contribution is 0.621. The first-order valence-corrected chi connectivity index (χ1v) is 4.16. The molecular weight excluding hydrogens is 166 g/mol. The summed E-state index contributed by atoms with van der Waals surface area (Å²) in [5, 5.41) is 0. The van der Waals surface area contributed by atoms with Gasteiger partial charge in [0.25, 0.3) is 0 Å². The van der Waals surface area contributed by atoms with Crippen LogP contribution in [0.4, 0.5) is 4.39 Å². The maximum atomic E-state index is 9.50. The van der Waals surface area contributed by atoms with Crippen molar-refractivity contribution in [2.24, 2.45) is 0 Å². The summed E-state index contributed by atoms with van der Waals surface area (Å²) in [6.45, 7) is 0. The molecule has 46 valence electrons. The average molecular weight is 169 g/mol. The molecule has 0 N–H and O–H groups in total. The second-order valence-corrected chi connectivity index (χ2v) is 4.05. The zero-order valence-electron chi connectivity index (χ0n) is 3.36. The molecule has 0 unspecified atom stereocenters. The minimum atomic E-state index is -3.72. The van der Waals surface area contributed by atoms with Crippen LogP contribution in [0, 0.1) is 0 Å². The van der Waals surface area contributed by atoms with Gasteiger partial charge in [-0.25, -0.2) is 0 Å². The molecule has 0 aromatic heterocycles. The van der Waals surface area contributed by atoms with Gasteiger partial charge in [-0.05, 0) is 0 Å². The summed E-state index contributed by atoms with van der Waals surface area (Å²) >= 11 is 0. The summed E-state index contributed by atoms with van der Waals surface area (Å²) in [6, 6.07) is 0. The van der Waals surface area contributed by atoms with E-state index in [2.05, 4.69) is 21.4 Å². The van der Waals surface area contributed by atoms with Gasteiger partial charge in [-0.15, -0.1) is 0 Å². The zero-order chi connectivity index (χ0) is 6.50. The molecule has 6 heteroatoms. The molecule has 0 radical (unpaired) electrons. The van der Waals surface area contributed by atoms with Crippen LogP contribution < -0.4 is 0 Å². The number of alkyl halides is 1. The highest BCUT2D eigenvalue weighted by atomic mass is 36.0. The largest absolute Gasteiger partial charge is 0.317 e. The molecule has 0 saturated carbocycles. The molecule has 0 aliphatic rings. The lowest BCUT2D eigenvalue weighted by Gasteiger charge is -1.61. The van der Waals surface area contributed by atoms with Crippen LogP contribution in [0.2, 0.25) is 0 Å². The van der Waals surface area contributed by atoms with Crippen LogP contribution in [0.25, 0.3) is 0 Å². The summed E-state index contributed by atoms with van der Waals surface area (Å²) in [6.07, 6.45) is 0. The molecule has 0 heterocycles. The lowest BCUT2D eigenvalue weighted by atomic mass is 11.9. The normalized spacial score (nSPS) is 9.14. The fourth-order valence-corrected chi connectivity index (χ4v) is 0. The molecular formula is CH3Cl2FO2S. The van der Waals surface area contributed by atoms with E-state index in [0.717, 1.165) is 0 Å². The van der Waals surface area contributed by atoms with E-state index < -0.39 is 8.26 Å². The molecule has 0 aliphatic carbocycles. The Morgan fingerprint density at radius 2 is 1.29 bits per heavy atom. The van der Waals surface area contributed by atoms with Gasteiger partial charge in [-0.1, -0.05) is 0 Å².